The van der Waals surface area contributed by atoms with Crippen LogP contribution < -0.4 is 10.5 Å². The molecule has 0 spiro atoms. The molecule has 0 bridgehead atoms. The normalized spacial score (nSPS) is 13.2. The van der Waals surface area contributed by atoms with Crippen LogP contribution in [0.1, 0.15) is 17.3 Å². The van der Waals surface area contributed by atoms with E-state index in [4.69, 9.17) is 5.73 Å². The van der Waals surface area contributed by atoms with Crippen LogP contribution in [0.25, 0.3) is 0 Å². The van der Waals surface area contributed by atoms with Gasteiger partial charge < -0.3 is 10.5 Å². The molecule has 1 atom stereocenters. The van der Waals surface area contributed by atoms with Crippen molar-refractivity contribution in [2.45, 2.75) is 18.8 Å². The third-order valence-corrected chi connectivity index (χ3v) is 2.62. The summed E-state index contributed by atoms with van der Waals surface area (Å²) >= 11 is 0. The predicted octanol–water partition coefficient (Wildman–Crippen LogP) is 1.96. The van der Waals surface area contributed by atoms with Crippen LogP contribution in [0.2, 0.25) is 0 Å². The summed E-state index contributed by atoms with van der Waals surface area (Å²) in [4.78, 5) is 0. The highest BCUT2D eigenvalue weighted by molar-refractivity contribution is 5.29. The van der Waals surface area contributed by atoms with Gasteiger partial charge in [-0.25, -0.2) is 0 Å². The van der Waals surface area contributed by atoms with Crippen molar-refractivity contribution in [2.75, 3.05) is 0 Å². The molecule has 0 fully saturated rings. The Hall–Kier alpha value is -2.09. The van der Waals surface area contributed by atoms with Gasteiger partial charge in [-0.1, -0.05) is 17.3 Å². The van der Waals surface area contributed by atoms with E-state index in [0.717, 1.165) is 5.69 Å². The molecule has 1 heterocycles. The molecule has 1 aromatic carbocycles. The van der Waals surface area contributed by atoms with Crippen molar-refractivity contribution in [3.05, 3.63) is 41.7 Å². The number of halogens is 3. The van der Waals surface area contributed by atoms with Crippen molar-refractivity contribution in [1.82, 2.24) is 15.0 Å². The van der Waals surface area contributed by atoms with Crippen molar-refractivity contribution >= 4 is 0 Å². The van der Waals surface area contributed by atoms with Crippen LogP contribution in [0.3, 0.4) is 0 Å². The van der Waals surface area contributed by atoms with Crippen LogP contribution in [0.15, 0.2) is 30.5 Å². The van der Waals surface area contributed by atoms with E-state index in [1.807, 2.05) is 0 Å². The second kappa shape index (κ2) is 5.49. The fourth-order valence-electron chi connectivity index (χ4n) is 1.75. The summed E-state index contributed by atoms with van der Waals surface area (Å²) in [5, 5.41) is 7.69. The fourth-order valence-corrected chi connectivity index (χ4v) is 1.75. The zero-order chi connectivity index (χ0) is 14.8. The Bertz CT molecular complexity index is 565. The van der Waals surface area contributed by atoms with Crippen LogP contribution in [0.4, 0.5) is 13.2 Å². The Balaban J connectivity index is 2.02. The molecule has 8 heteroatoms. The van der Waals surface area contributed by atoms with Crippen LogP contribution in [-0.4, -0.2) is 21.4 Å². The summed E-state index contributed by atoms with van der Waals surface area (Å²) in [5.74, 6) is -0.270. The average Bonchev–Trinajstić information content (AvgIpc) is 2.73. The van der Waals surface area contributed by atoms with E-state index in [9.17, 15) is 13.2 Å². The summed E-state index contributed by atoms with van der Waals surface area (Å²) in [7, 11) is 1.74. The van der Waals surface area contributed by atoms with Crippen molar-refractivity contribution in [2.24, 2.45) is 12.8 Å². The molecule has 0 aliphatic heterocycles. The van der Waals surface area contributed by atoms with Crippen LogP contribution in [0, 0.1) is 0 Å². The molecule has 0 aliphatic rings. The molecule has 108 valence electrons. The van der Waals surface area contributed by atoms with Gasteiger partial charge in [-0.05, 0) is 17.7 Å². The molecule has 2 aromatic rings. The molecule has 5 nitrogen and oxygen atoms in total. The Morgan fingerprint density at radius 1 is 1.30 bits per heavy atom. The van der Waals surface area contributed by atoms with Gasteiger partial charge in [0, 0.05) is 25.7 Å². The van der Waals surface area contributed by atoms with E-state index in [1.54, 1.807) is 17.9 Å². The number of ether oxygens (including phenoxy) is 1. The molecule has 0 saturated carbocycles. The van der Waals surface area contributed by atoms with Gasteiger partial charge in [-0.15, -0.1) is 18.3 Å². The third kappa shape index (κ3) is 3.95. The minimum atomic E-state index is -4.69. The van der Waals surface area contributed by atoms with Crippen LogP contribution in [0.5, 0.6) is 5.75 Å². The lowest BCUT2D eigenvalue weighted by atomic mass is 10.0. The second-order valence-corrected chi connectivity index (χ2v) is 4.31. The second-order valence-electron chi connectivity index (χ2n) is 4.31. The van der Waals surface area contributed by atoms with E-state index in [-0.39, 0.29) is 11.8 Å². The Morgan fingerprint density at radius 2 is 1.95 bits per heavy atom. The standard InChI is InChI=1S/C12H13F3N4O/c1-19-7-9(17-18-19)6-11(16)8-2-4-10(5-3-8)20-12(13,14)15/h2-5,7,11H,6,16H2,1H3. The van der Waals surface area contributed by atoms with E-state index >= 15 is 0 Å². The zero-order valence-electron chi connectivity index (χ0n) is 10.6. The van der Waals surface area contributed by atoms with Gasteiger partial charge in [0.05, 0.1) is 5.69 Å². The lowest BCUT2D eigenvalue weighted by molar-refractivity contribution is -0.274. The van der Waals surface area contributed by atoms with E-state index < -0.39 is 6.36 Å². The van der Waals surface area contributed by atoms with Gasteiger partial charge >= 0.3 is 6.36 Å². The first-order valence-corrected chi connectivity index (χ1v) is 5.80. The number of hydrogen-bond donors (Lipinski definition) is 1. The smallest absolute Gasteiger partial charge is 0.406 e. The molecule has 0 saturated heterocycles. The number of alkyl halides is 3. The molecule has 1 aromatic heterocycles. The summed E-state index contributed by atoms with van der Waals surface area (Å²) < 4.78 is 41.4. The highest BCUT2D eigenvalue weighted by Gasteiger charge is 2.31. The fraction of sp³-hybridized carbons (Fsp3) is 0.333. The SMILES string of the molecule is Cn1cc(CC(N)c2ccc(OC(F)(F)F)cc2)nn1. The number of rotatable bonds is 4. The van der Waals surface area contributed by atoms with Gasteiger partial charge in [0.25, 0.3) is 0 Å². The first-order chi connectivity index (χ1) is 9.33. The number of aromatic nitrogens is 3. The van der Waals surface area contributed by atoms with Gasteiger partial charge in [-0.3, -0.25) is 4.68 Å². The lowest BCUT2D eigenvalue weighted by Gasteiger charge is -2.12. The molecule has 0 radical (unpaired) electrons. The highest BCUT2D eigenvalue weighted by atomic mass is 19.4. The van der Waals surface area contributed by atoms with Crippen LogP contribution in [-0.2, 0) is 13.5 Å². The van der Waals surface area contributed by atoms with Crippen molar-refractivity contribution in [3.63, 3.8) is 0 Å². The Labute approximate surface area is 113 Å². The largest absolute Gasteiger partial charge is 0.573 e. The van der Waals surface area contributed by atoms with Crippen LogP contribution >= 0.6 is 0 Å². The van der Waals surface area contributed by atoms with Gasteiger partial charge in [0.1, 0.15) is 5.75 Å². The van der Waals surface area contributed by atoms with Gasteiger partial charge in [-0.2, -0.15) is 0 Å². The Morgan fingerprint density at radius 3 is 2.45 bits per heavy atom. The van der Waals surface area contributed by atoms with Crippen molar-refractivity contribution < 1.29 is 17.9 Å². The minimum absolute atomic E-state index is 0.270. The molecular weight excluding hydrogens is 273 g/mol. The molecule has 1 unspecified atom stereocenters. The summed E-state index contributed by atoms with van der Waals surface area (Å²) in [6.45, 7) is 0. The first kappa shape index (κ1) is 14.3. The minimum Gasteiger partial charge on any atom is -0.406 e. The van der Waals surface area contributed by atoms with E-state index in [1.165, 1.54) is 24.3 Å². The summed E-state index contributed by atoms with van der Waals surface area (Å²) in [5.41, 5.74) is 7.39. The van der Waals surface area contributed by atoms with E-state index in [2.05, 4.69) is 15.0 Å². The number of nitrogens with zero attached hydrogens (tertiary/aromatic N) is 3. The molecular formula is C12H13F3N4O. The Kier molecular flexibility index (Phi) is 3.93. The topological polar surface area (TPSA) is 66.0 Å². The monoisotopic (exact) mass is 286 g/mol. The molecule has 2 rings (SSSR count). The quantitative estimate of drug-likeness (QED) is 0.933. The third-order valence-electron chi connectivity index (χ3n) is 2.62. The average molecular weight is 286 g/mol. The van der Waals surface area contributed by atoms with E-state index in [0.29, 0.717) is 12.0 Å². The van der Waals surface area contributed by atoms with Gasteiger partial charge in [0.15, 0.2) is 0 Å². The number of benzene rings is 1. The molecule has 2 N–H and O–H groups in total. The molecule has 0 aliphatic carbocycles. The number of nitrogens with two attached hydrogens (primary N) is 1. The maximum atomic E-state index is 12.0. The molecule has 20 heavy (non-hydrogen) atoms. The maximum Gasteiger partial charge on any atom is 0.573 e. The number of aryl methyl sites for hydroxylation is 1. The lowest BCUT2D eigenvalue weighted by Crippen LogP contribution is -2.17. The predicted molar refractivity (Wildman–Crippen MR) is 64.8 cm³/mol. The zero-order valence-corrected chi connectivity index (χ0v) is 10.6. The van der Waals surface area contributed by atoms with Crippen molar-refractivity contribution in [3.8, 4) is 5.75 Å². The maximum absolute atomic E-state index is 12.0. The summed E-state index contributed by atoms with van der Waals surface area (Å²) in [6.07, 6.45) is -2.50. The summed E-state index contributed by atoms with van der Waals surface area (Å²) in [6, 6.07) is 5.11. The highest BCUT2D eigenvalue weighted by Crippen LogP contribution is 2.24. The van der Waals surface area contributed by atoms with Crippen molar-refractivity contribution in [1.29, 1.82) is 0 Å². The first-order valence-electron chi connectivity index (χ1n) is 5.80. The number of hydrogen-bond acceptors (Lipinski definition) is 4. The van der Waals surface area contributed by atoms with Gasteiger partial charge in [0.2, 0.25) is 0 Å². The molecule has 0 amide bonds.